The lowest BCUT2D eigenvalue weighted by atomic mass is 10.0. The first-order valence-corrected chi connectivity index (χ1v) is 8.43. The summed E-state index contributed by atoms with van der Waals surface area (Å²) >= 11 is 0. The van der Waals surface area contributed by atoms with Gasteiger partial charge in [-0.2, -0.15) is 0 Å². The number of nitrogens with zero attached hydrogens (tertiary/aromatic N) is 1. The second kappa shape index (κ2) is 10.6. The predicted octanol–water partition coefficient (Wildman–Crippen LogP) is 5.04. The summed E-state index contributed by atoms with van der Waals surface area (Å²) in [6, 6.07) is 1.90. The summed E-state index contributed by atoms with van der Waals surface area (Å²) in [5.74, 6) is 0.737. The van der Waals surface area contributed by atoms with Crippen LogP contribution < -0.4 is 4.74 Å². The lowest BCUT2D eigenvalue weighted by molar-refractivity contribution is 0.161. The van der Waals surface area contributed by atoms with Crippen LogP contribution in [-0.2, 0) is 0 Å². The van der Waals surface area contributed by atoms with Crippen molar-refractivity contribution < 1.29 is 9.84 Å². The average Bonchev–Trinajstić information content (AvgIpc) is 2.45. The molecule has 3 heteroatoms. The molecule has 3 nitrogen and oxygen atoms in total. The van der Waals surface area contributed by atoms with Gasteiger partial charge in [0.15, 0.2) is 0 Å². The number of aliphatic hydroxyl groups excluding tert-OH is 1. The molecule has 0 saturated carbocycles. The maximum Gasteiger partial charge on any atom is 0.138 e. The molecule has 0 aliphatic heterocycles. The predicted molar refractivity (Wildman–Crippen MR) is 87.6 cm³/mol. The zero-order valence-corrected chi connectivity index (χ0v) is 13.8. The van der Waals surface area contributed by atoms with Gasteiger partial charge in [-0.15, -0.1) is 0 Å². The van der Waals surface area contributed by atoms with Crippen molar-refractivity contribution in [3.05, 3.63) is 24.0 Å². The van der Waals surface area contributed by atoms with Crippen LogP contribution in [-0.4, -0.2) is 16.2 Å². The second-order valence-electron chi connectivity index (χ2n) is 6.05. The normalized spacial score (nSPS) is 12.6. The fraction of sp³-hybridized carbons (Fsp3) is 0.722. The van der Waals surface area contributed by atoms with Gasteiger partial charge in [-0.1, -0.05) is 51.9 Å². The van der Waals surface area contributed by atoms with Gasteiger partial charge in [0, 0.05) is 11.8 Å². The van der Waals surface area contributed by atoms with Crippen molar-refractivity contribution in [3.8, 4) is 5.75 Å². The Bertz CT molecular complexity index is 379. The fourth-order valence-corrected chi connectivity index (χ4v) is 2.42. The van der Waals surface area contributed by atoms with Crippen LogP contribution in [0.5, 0.6) is 5.75 Å². The van der Waals surface area contributed by atoms with Gasteiger partial charge in [0.05, 0.1) is 18.4 Å². The van der Waals surface area contributed by atoms with E-state index in [4.69, 9.17) is 4.74 Å². The topological polar surface area (TPSA) is 42.4 Å². The van der Waals surface area contributed by atoms with Crippen molar-refractivity contribution in [2.45, 2.75) is 84.3 Å². The summed E-state index contributed by atoms with van der Waals surface area (Å²) in [4.78, 5) is 4.15. The van der Waals surface area contributed by atoms with Crippen LogP contribution >= 0.6 is 0 Å². The summed E-state index contributed by atoms with van der Waals surface area (Å²) in [6.07, 6.45) is 12.8. The minimum Gasteiger partial charge on any atom is -0.489 e. The van der Waals surface area contributed by atoms with E-state index in [-0.39, 0.29) is 6.10 Å². The minimum absolute atomic E-state index is 0.127. The summed E-state index contributed by atoms with van der Waals surface area (Å²) in [6.45, 7) is 6.21. The van der Waals surface area contributed by atoms with Crippen molar-refractivity contribution in [2.75, 3.05) is 0 Å². The number of rotatable bonds is 11. The number of aromatic nitrogens is 1. The highest BCUT2D eigenvalue weighted by molar-refractivity contribution is 5.25. The first-order chi connectivity index (χ1) is 10.1. The van der Waals surface area contributed by atoms with Crippen LogP contribution in [0.15, 0.2) is 18.5 Å². The molecule has 0 aliphatic carbocycles. The highest BCUT2D eigenvalue weighted by Gasteiger charge is 2.09. The molecular weight excluding hydrogens is 262 g/mol. The van der Waals surface area contributed by atoms with E-state index in [0.29, 0.717) is 0 Å². The van der Waals surface area contributed by atoms with Crippen molar-refractivity contribution in [2.24, 2.45) is 0 Å². The van der Waals surface area contributed by atoms with Crippen LogP contribution in [0.1, 0.15) is 83.8 Å². The molecule has 0 aromatic carbocycles. The van der Waals surface area contributed by atoms with Gasteiger partial charge in [-0.25, -0.2) is 0 Å². The number of ether oxygens (including phenoxy) is 1. The number of hydrogen-bond donors (Lipinski definition) is 1. The van der Waals surface area contributed by atoms with Gasteiger partial charge in [-0.3, -0.25) is 4.98 Å². The Labute approximate surface area is 129 Å². The Morgan fingerprint density at radius 1 is 1.05 bits per heavy atom. The molecule has 1 rings (SSSR count). The molecule has 1 aromatic rings. The van der Waals surface area contributed by atoms with E-state index in [1.54, 1.807) is 12.4 Å². The number of aliphatic hydroxyl groups is 1. The largest absolute Gasteiger partial charge is 0.489 e. The maximum atomic E-state index is 10.2. The quantitative estimate of drug-likeness (QED) is 0.581. The number of pyridine rings is 1. The molecule has 0 aliphatic rings. The van der Waals surface area contributed by atoms with E-state index in [1.807, 2.05) is 19.9 Å². The van der Waals surface area contributed by atoms with Crippen LogP contribution in [0.3, 0.4) is 0 Å². The van der Waals surface area contributed by atoms with Gasteiger partial charge < -0.3 is 9.84 Å². The van der Waals surface area contributed by atoms with Crippen LogP contribution in [0.2, 0.25) is 0 Å². The van der Waals surface area contributed by atoms with Gasteiger partial charge in [0.2, 0.25) is 0 Å². The summed E-state index contributed by atoms with van der Waals surface area (Å²) in [7, 11) is 0. The molecule has 0 radical (unpaired) electrons. The highest BCUT2D eigenvalue weighted by atomic mass is 16.5. The summed E-state index contributed by atoms with van der Waals surface area (Å²) in [5.41, 5.74) is 0.860. The second-order valence-corrected chi connectivity index (χ2v) is 6.05. The van der Waals surface area contributed by atoms with E-state index >= 15 is 0 Å². The van der Waals surface area contributed by atoms with Crippen LogP contribution in [0.4, 0.5) is 0 Å². The molecule has 0 bridgehead atoms. The first kappa shape index (κ1) is 18.0. The Morgan fingerprint density at radius 3 is 2.38 bits per heavy atom. The average molecular weight is 293 g/mol. The smallest absolute Gasteiger partial charge is 0.138 e. The summed E-state index contributed by atoms with van der Waals surface area (Å²) < 4.78 is 5.61. The first-order valence-electron chi connectivity index (χ1n) is 8.43. The Kier molecular flexibility index (Phi) is 9.07. The molecule has 0 fully saturated rings. The molecular formula is C18H31NO2. The van der Waals surface area contributed by atoms with E-state index in [2.05, 4.69) is 11.9 Å². The minimum atomic E-state index is -0.427. The van der Waals surface area contributed by atoms with Gasteiger partial charge in [0.25, 0.3) is 0 Å². The zero-order valence-electron chi connectivity index (χ0n) is 13.8. The monoisotopic (exact) mass is 293 g/mol. The SMILES string of the molecule is CCCCCCCCCC(O)c1cncc(OC(C)C)c1. The molecule has 1 heterocycles. The fourth-order valence-electron chi connectivity index (χ4n) is 2.42. The number of unbranched alkanes of at least 4 members (excludes halogenated alkanes) is 6. The van der Waals surface area contributed by atoms with Crippen LogP contribution in [0.25, 0.3) is 0 Å². The van der Waals surface area contributed by atoms with E-state index in [0.717, 1.165) is 24.2 Å². The third-order valence-corrected chi connectivity index (χ3v) is 3.57. The van der Waals surface area contributed by atoms with Gasteiger partial charge >= 0.3 is 0 Å². The van der Waals surface area contributed by atoms with E-state index < -0.39 is 6.10 Å². The molecule has 0 saturated heterocycles. The highest BCUT2D eigenvalue weighted by Crippen LogP contribution is 2.23. The third kappa shape index (κ3) is 8.05. The zero-order chi connectivity index (χ0) is 15.5. The number of hydrogen-bond acceptors (Lipinski definition) is 3. The van der Waals surface area contributed by atoms with Crippen molar-refractivity contribution in [1.82, 2.24) is 4.98 Å². The summed E-state index contributed by atoms with van der Waals surface area (Å²) in [5, 5.41) is 10.2. The Balaban J connectivity index is 2.26. The van der Waals surface area contributed by atoms with Gasteiger partial charge in [-0.05, 0) is 26.3 Å². The maximum absolute atomic E-state index is 10.2. The van der Waals surface area contributed by atoms with Crippen molar-refractivity contribution in [3.63, 3.8) is 0 Å². The Morgan fingerprint density at radius 2 is 1.71 bits per heavy atom. The molecule has 1 unspecified atom stereocenters. The van der Waals surface area contributed by atoms with Crippen LogP contribution in [0, 0.1) is 0 Å². The van der Waals surface area contributed by atoms with E-state index in [9.17, 15) is 5.11 Å². The molecule has 120 valence electrons. The lowest BCUT2D eigenvalue weighted by Gasteiger charge is -2.13. The molecule has 1 aromatic heterocycles. The molecule has 1 atom stereocenters. The third-order valence-electron chi connectivity index (χ3n) is 3.57. The van der Waals surface area contributed by atoms with Crippen molar-refractivity contribution >= 4 is 0 Å². The molecule has 1 N–H and O–H groups in total. The molecule has 21 heavy (non-hydrogen) atoms. The van der Waals surface area contributed by atoms with Crippen molar-refractivity contribution in [1.29, 1.82) is 0 Å². The Hall–Kier alpha value is -1.09. The van der Waals surface area contributed by atoms with E-state index in [1.165, 1.54) is 38.5 Å². The molecule has 0 spiro atoms. The lowest BCUT2D eigenvalue weighted by Crippen LogP contribution is -2.07. The molecule has 0 amide bonds. The van der Waals surface area contributed by atoms with Gasteiger partial charge in [0.1, 0.15) is 5.75 Å². The standard InChI is InChI=1S/C18H31NO2/c1-4-5-6-7-8-9-10-11-18(20)16-12-17(14-19-13-16)21-15(2)3/h12-15,18,20H,4-11H2,1-3H3.